The van der Waals surface area contributed by atoms with Gasteiger partial charge in [-0.05, 0) is 41.7 Å². The third kappa shape index (κ3) is 6.00. The Kier molecular flexibility index (Phi) is 7.21. The van der Waals surface area contributed by atoms with Crippen LogP contribution in [0.5, 0.6) is 11.5 Å². The number of amides is 2. The van der Waals surface area contributed by atoms with Crippen LogP contribution < -0.4 is 4.74 Å². The molecule has 0 aromatic heterocycles. The van der Waals surface area contributed by atoms with Crippen LogP contribution in [0.3, 0.4) is 0 Å². The van der Waals surface area contributed by atoms with Gasteiger partial charge in [-0.2, -0.15) is 0 Å². The Morgan fingerprint density at radius 3 is 2.16 bits per heavy atom. The lowest BCUT2D eigenvalue weighted by Crippen LogP contribution is -2.50. The van der Waals surface area contributed by atoms with Crippen molar-refractivity contribution in [1.82, 2.24) is 9.80 Å². The molecule has 2 amide bonds. The van der Waals surface area contributed by atoms with Crippen molar-refractivity contribution in [3.8, 4) is 11.5 Å². The first-order valence-corrected chi connectivity index (χ1v) is 10.8. The van der Waals surface area contributed by atoms with Crippen molar-refractivity contribution in [1.29, 1.82) is 0 Å². The van der Waals surface area contributed by atoms with E-state index in [-0.39, 0.29) is 23.0 Å². The molecule has 0 aliphatic carbocycles. The van der Waals surface area contributed by atoms with E-state index in [9.17, 15) is 14.7 Å². The van der Waals surface area contributed by atoms with Gasteiger partial charge >= 0.3 is 0 Å². The smallest absolute Gasteiger partial charge is 0.257 e. The molecule has 166 valence electrons. The lowest BCUT2D eigenvalue weighted by Gasteiger charge is -2.35. The van der Waals surface area contributed by atoms with Crippen LogP contribution in [0.4, 0.5) is 0 Å². The zero-order chi connectivity index (χ0) is 22.4. The van der Waals surface area contributed by atoms with E-state index >= 15 is 0 Å². The first-order valence-electron chi connectivity index (χ1n) is 10.8. The maximum absolute atomic E-state index is 12.6. The van der Waals surface area contributed by atoms with Crippen LogP contribution in [-0.4, -0.2) is 59.5 Å². The summed E-state index contributed by atoms with van der Waals surface area (Å²) in [5.41, 5.74) is 1.67. The molecule has 1 N–H and O–H groups in total. The average molecular weight is 425 g/mol. The minimum absolute atomic E-state index is 0.0148. The number of ether oxygens (including phenoxy) is 1. The molecule has 0 spiro atoms. The summed E-state index contributed by atoms with van der Waals surface area (Å²) < 4.78 is 5.77. The average Bonchev–Trinajstić information content (AvgIpc) is 2.76. The van der Waals surface area contributed by atoms with Gasteiger partial charge in [0.25, 0.3) is 5.91 Å². The molecular weight excluding hydrogens is 392 g/mol. The van der Waals surface area contributed by atoms with Gasteiger partial charge in [0.1, 0.15) is 11.5 Å². The summed E-state index contributed by atoms with van der Waals surface area (Å²) in [4.78, 5) is 28.5. The van der Waals surface area contributed by atoms with Gasteiger partial charge in [0.05, 0.1) is 12.2 Å². The molecule has 0 bridgehead atoms. The molecular formula is C25H32N2O4. The van der Waals surface area contributed by atoms with Gasteiger partial charge < -0.3 is 19.6 Å². The van der Waals surface area contributed by atoms with Crippen LogP contribution in [0, 0.1) is 0 Å². The highest BCUT2D eigenvalue weighted by Crippen LogP contribution is 2.24. The number of nitrogens with zero attached hydrogens (tertiary/aromatic N) is 2. The normalized spacial score (nSPS) is 14.4. The molecule has 0 atom stereocenters. The number of para-hydroxylation sites is 1. The number of carbonyl (C=O) groups is 2. The number of phenols is 1. The highest BCUT2D eigenvalue weighted by molar-refractivity contribution is 5.97. The lowest BCUT2D eigenvalue weighted by atomic mass is 9.87. The molecule has 1 fully saturated rings. The summed E-state index contributed by atoms with van der Waals surface area (Å²) in [5, 5.41) is 9.88. The second-order valence-corrected chi connectivity index (χ2v) is 8.92. The molecule has 0 radical (unpaired) electrons. The molecule has 3 rings (SSSR count). The summed E-state index contributed by atoms with van der Waals surface area (Å²) in [6.45, 7) is 8.97. The molecule has 1 aliphatic heterocycles. The summed E-state index contributed by atoms with van der Waals surface area (Å²) in [6.07, 6.45) is 1.07. The van der Waals surface area contributed by atoms with E-state index in [0.717, 1.165) is 5.75 Å². The van der Waals surface area contributed by atoms with Crippen LogP contribution in [0.15, 0.2) is 48.5 Å². The third-order valence-electron chi connectivity index (χ3n) is 5.58. The zero-order valence-corrected chi connectivity index (χ0v) is 18.6. The Bertz CT molecular complexity index is 894. The summed E-state index contributed by atoms with van der Waals surface area (Å²) >= 11 is 0. The number of benzene rings is 2. The number of carbonyl (C=O) groups excluding carboxylic acids is 2. The maximum Gasteiger partial charge on any atom is 0.257 e. The van der Waals surface area contributed by atoms with Crippen molar-refractivity contribution in [3.05, 3.63) is 59.7 Å². The van der Waals surface area contributed by atoms with Gasteiger partial charge in [-0.25, -0.2) is 0 Å². The molecule has 31 heavy (non-hydrogen) atoms. The van der Waals surface area contributed by atoms with Gasteiger partial charge in [0.2, 0.25) is 5.91 Å². The van der Waals surface area contributed by atoms with Crippen molar-refractivity contribution in [2.24, 2.45) is 0 Å². The van der Waals surface area contributed by atoms with E-state index in [4.69, 9.17) is 4.74 Å². The largest absolute Gasteiger partial charge is 0.507 e. The highest BCUT2D eigenvalue weighted by atomic mass is 16.5. The number of phenolic OH excluding ortho intramolecular Hbond substituents is 1. The second kappa shape index (κ2) is 9.86. The first kappa shape index (κ1) is 22.7. The predicted molar refractivity (Wildman–Crippen MR) is 120 cm³/mol. The van der Waals surface area contributed by atoms with Crippen molar-refractivity contribution >= 4 is 11.8 Å². The molecule has 2 aromatic carbocycles. The molecule has 2 aromatic rings. The third-order valence-corrected chi connectivity index (χ3v) is 5.58. The SMILES string of the molecule is CC(C)(C)c1ccc(OCCCC(=O)N2CCN(C(=O)c3ccccc3O)CC2)cc1. The topological polar surface area (TPSA) is 70.1 Å². The number of hydrogen-bond acceptors (Lipinski definition) is 4. The fraction of sp³-hybridized carbons (Fsp3) is 0.440. The minimum Gasteiger partial charge on any atom is -0.507 e. The van der Waals surface area contributed by atoms with E-state index in [1.807, 2.05) is 12.1 Å². The predicted octanol–water partition coefficient (Wildman–Crippen LogP) is 3.83. The van der Waals surface area contributed by atoms with Gasteiger partial charge in [0, 0.05) is 32.6 Å². The molecule has 1 aliphatic rings. The van der Waals surface area contributed by atoms with Gasteiger partial charge in [0.15, 0.2) is 0 Å². The summed E-state index contributed by atoms with van der Waals surface area (Å²) in [5.74, 6) is 0.688. The lowest BCUT2D eigenvalue weighted by molar-refractivity contribution is -0.132. The van der Waals surface area contributed by atoms with Crippen molar-refractivity contribution in [3.63, 3.8) is 0 Å². The number of aromatic hydroxyl groups is 1. The van der Waals surface area contributed by atoms with E-state index in [1.54, 1.807) is 28.0 Å². The van der Waals surface area contributed by atoms with Crippen molar-refractivity contribution < 1.29 is 19.4 Å². The summed E-state index contributed by atoms with van der Waals surface area (Å²) in [6, 6.07) is 14.7. The maximum atomic E-state index is 12.6. The molecule has 0 unspecified atom stereocenters. The van der Waals surface area contributed by atoms with Crippen molar-refractivity contribution in [2.75, 3.05) is 32.8 Å². The number of hydrogen-bond donors (Lipinski definition) is 1. The monoisotopic (exact) mass is 424 g/mol. The molecule has 6 heteroatoms. The second-order valence-electron chi connectivity index (χ2n) is 8.92. The van der Waals surface area contributed by atoms with Crippen LogP contribution in [0.1, 0.15) is 49.5 Å². The van der Waals surface area contributed by atoms with E-state index < -0.39 is 0 Å². The highest BCUT2D eigenvalue weighted by Gasteiger charge is 2.25. The van der Waals surface area contributed by atoms with Gasteiger partial charge in [-0.15, -0.1) is 0 Å². The summed E-state index contributed by atoms with van der Waals surface area (Å²) in [7, 11) is 0. The van der Waals surface area contributed by atoms with Gasteiger partial charge in [-0.1, -0.05) is 45.0 Å². The van der Waals surface area contributed by atoms with Crippen LogP contribution >= 0.6 is 0 Å². The molecule has 0 saturated carbocycles. The number of piperazine rings is 1. The van der Waals surface area contributed by atoms with Crippen molar-refractivity contribution in [2.45, 2.75) is 39.0 Å². The van der Waals surface area contributed by atoms with Gasteiger partial charge in [-0.3, -0.25) is 9.59 Å². The molecule has 6 nitrogen and oxygen atoms in total. The first-order chi connectivity index (χ1) is 14.8. The molecule has 1 heterocycles. The Hall–Kier alpha value is -3.02. The van der Waals surface area contributed by atoms with E-state index in [2.05, 4.69) is 32.9 Å². The number of rotatable bonds is 6. The Balaban J connectivity index is 1.38. The fourth-order valence-electron chi connectivity index (χ4n) is 3.61. The molecule has 1 saturated heterocycles. The van der Waals surface area contributed by atoms with Crippen LogP contribution in [-0.2, 0) is 10.2 Å². The quantitative estimate of drug-likeness (QED) is 0.716. The van der Waals surface area contributed by atoms with Crippen LogP contribution in [0.25, 0.3) is 0 Å². The Morgan fingerprint density at radius 2 is 1.55 bits per heavy atom. The van der Waals surface area contributed by atoms with Crippen LogP contribution in [0.2, 0.25) is 0 Å². The standard InChI is InChI=1S/C25H32N2O4/c1-25(2,3)19-10-12-20(13-11-19)31-18-6-9-23(29)26-14-16-27(17-15-26)24(30)21-7-4-5-8-22(21)28/h4-5,7-8,10-13,28H,6,9,14-18H2,1-3H3. The zero-order valence-electron chi connectivity index (χ0n) is 18.6. The Labute approximate surface area is 184 Å². The minimum atomic E-state index is -0.198. The Morgan fingerprint density at radius 1 is 0.935 bits per heavy atom. The van der Waals surface area contributed by atoms with E-state index in [0.29, 0.717) is 51.2 Å². The van der Waals surface area contributed by atoms with E-state index in [1.165, 1.54) is 11.6 Å². The fourth-order valence-corrected chi connectivity index (χ4v) is 3.61.